The lowest BCUT2D eigenvalue weighted by Gasteiger charge is -2.12. The molecule has 3 aromatic rings. The zero-order valence-corrected chi connectivity index (χ0v) is 12.1. The van der Waals surface area contributed by atoms with Crippen molar-refractivity contribution in [3.63, 3.8) is 0 Å². The third-order valence-corrected chi connectivity index (χ3v) is 3.72. The van der Waals surface area contributed by atoms with Gasteiger partial charge in [0, 0.05) is 16.1 Å². The van der Waals surface area contributed by atoms with Crippen molar-refractivity contribution in [1.29, 1.82) is 5.26 Å². The normalized spacial score (nSPS) is 10.2. The van der Waals surface area contributed by atoms with Crippen molar-refractivity contribution in [2.24, 2.45) is 0 Å². The summed E-state index contributed by atoms with van der Waals surface area (Å²) in [4.78, 5) is 4.30. The van der Waals surface area contributed by atoms with Gasteiger partial charge in [-0.2, -0.15) is 5.26 Å². The predicted molar refractivity (Wildman–Crippen MR) is 83.9 cm³/mol. The molecule has 0 aliphatic carbocycles. The van der Waals surface area contributed by atoms with Crippen molar-refractivity contribution in [3.8, 4) is 6.07 Å². The summed E-state index contributed by atoms with van der Waals surface area (Å²) in [5, 5.41) is 13.5. The quantitative estimate of drug-likeness (QED) is 0.749. The first-order valence-electron chi connectivity index (χ1n) is 6.09. The van der Waals surface area contributed by atoms with Crippen LogP contribution in [0.15, 0.2) is 59.2 Å². The molecule has 0 spiro atoms. The van der Waals surface area contributed by atoms with Gasteiger partial charge in [0.15, 0.2) is 0 Å². The molecular weight excluding hydrogens is 314 g/mol. The minimum atomic E-state index is 0.527. The Morgan fingerprint density at radius 1 is 1.05 bits per heavy atom. The monoisotopic (exact) mass is 323 g/mol. The lowest BCUT2D eigenvalue weighted by atomic mass is 10.1. The molecule has 1 aromatic heterocycles. The molecule has 3 nitrogen and oxygen atoms in total. The van der Waals surface area contributed by atoms with Crippen molar-refractivity contribution in [2.45, 2.75) is 0 Å². The molecule has 0 saturated carbocycles. The van der Waals surface area contributed by atoms with Crippen LogP contribution in [0.5, 0.6) is 0 Å². The Morgan fingerprint density at radius 2 is 1.80 bits per heavy atom. The van der Waals surface area contributed by atoms with Crippen molar-refractivity contribution in [1.82, 2.24) is 4.98 Å². The summed E-state index contributed by atoms with van der Waals surface area (Å²) in [6.45, 7) is 0. The molecule has 96 valence electrons. The number of pyridine rings is 1. The van der Waals surface area contributed by atoms with Crippen molar-refractivity contribution >= 4 is 38.2 Å². The van der Waals surface area contributed by atoms with Gasteiger partial charge in [0.1, 0.15) is 6.07 Å². The van der Waals surface area contributed by atoms with E-state index in [2.05, 4.69) is 32.3 Å². The van der Waals surface area contributed by atoms with E-state index >= 15 is 0 Å². The van der Waals surface area contributed by atoms with E-state index in [1.165, 1.54) is 0 Å². The number of nitrogens with zero attached hydrogens (tertiary/aromatic N) is 2. The third-order valence-electron chi connectivity index (χ3n) is 3.03. The van der Waals surface area contributed by atoms with Gasteiger partial charge in [-0.3, -0.25) is 4.98 Å². The topological polar surface area (TPSA) is 48.7 Å². The molecule has 0 amide bonds. The van der Waals surface area contributed by atoms with Gasteiger partial charge >= 0.3 is 0 Å². The van der Waals surface area contributed by atoms with Crippen LogP contribution < -0.4 is 5.32 Å². The van der Waals surface area contributed by atoms with Gasteiger partial charge in [-0.05, 0) is 34.1 Å². The van der Waals surface area contributed by atoms with Crippen molar-refractivity contribution in [2.75, 3.05) is 5.32 Å². The number of para-hydroxylation sites is 2. The molecule has 1 N–H and O–H groups in total. The van der Waals surface area contributed by atoms with E-state index in [9.17, 15) is 5.26 Å². The number of nitrogens with one attached hydrogen (secondary N) is 1. The van der Waals surface area contributed by atoms with E-state index in [4.69, 9.17) is 0 Å². The highest BCUT2D eigenvalue weighted by Crippen LogP contribution is 2.31. The first-order valence-corrected chi connectivity index (χ1v) is 6.88. The van der Waals surface area contributed by atoms with Crippen LogP contribution >= 0.6 is 15.9 Å². The SMILES string of the molecule is N#Cc1cnc2ccccc2c1Nc1ccccc1Br. The molecule has 0 fully saturated rings. The molecule has 0 atom stereocenters. The van der Waals surface area contributed by atoms with E-state index in [0.29, 0.717) is 5.56 Å². The Balaban J connectivity index is 2.20. The molecule has 4 heteroatoms. The molecule has 20 heavy (non-hydrogen) atoms. The highest BCUT2D eigenvalue weighted by molar-refractivity contribution is 9.10. The highest BCUT2D eigenvalue weighted by atomic mass is 79.9. The number of anilines is 2. The summed E-state index contributed by atoms with van der Waals surface area (Å²) in [5.41, 5.74) is 3.09. The average Bonchev–Trinajstić information content (AvgIpc) is 2.50. The van der Waals surface area contributed by atoms with Gasteiger partial charge in [-0.1, -0.05) is 30.3 Å². The second kappa shape index (κ2) is 5.32. The number of fused-ring (bicyclic) bond motifs is 1. The first kappa shape index (κ1) is 12.6. The molecule has 0 unspecified atom stereocenters. The molecule has 2 aromatic carbocycles. The number of aromatic nitrogens is 1. The second-order valence-electron chi connectivity index (χ2n) is 4.28. The van der Waals surface area contributed by atoms with Gasteiger partial charge in [0.2, 0.25) is 0 Å². The van der Waals surface area contributed by atoms with Gasteiger partial charge in [-0.25, -0.2) is 0 Å². The zero-order valence-electron chi connectivity index (χ0n) is 10.5. The van der Waals surface area contributed by atoms with Crippen LogP contribution in [0.25, 0.3) is 10.9 Å². The zero-order chi connectivity index (χ0) is 13.9. The maximum Gasteiger partial charge on any atom is 0.103 e. The Morgan fingerprint density at radius 3 is 2.60 bits per heavy atom. The molecule has 3 rings (SSSR count). The number of nitriles is 1. The maximum absolute atomic E-state index is 9.28. The second-order valence-corrected chi connectivity index (χ2v) is 5.14. The molecule has 0 radical (unpaired) electrons. The number of hydrogen-bond donors (Lipinski definition) is 1. The Hall–Kier alpha value is -2.38. The largest absolute Gasteiger partial charge is 0.353 e. The third kappa shape index (κ3) is 2.24. The standard InChI is InChI=1S/C16H10BrN3/c17-13-6-2-4-8-15(13)20-16-11(9-18)10-19-14-7-3-1-5-12(14)16/h1-8,10H,(H,19,20). The van der Waals surface area contributed by atoms with Crippen LogP contribution in [0.4, 0.5) is 11.4 Å². The van der Waals surface area contributed by atoms with E-state index in [1.54, 1.807) is 6.20 Å². The summed E-state index contributed by atoms with van der Waals surface area (Å²) >= 11 is 3.50. The molecule has 0 aliphatic rings. The van der Waals surface area contributed by atoms with Gasteiger partial charge in [0.25, 0.3) is 0 Å². The van der Waals surface area contributed by atoms with Gasteiger partial charge < -0.3 is 5.32 Å². The summed E-state index contributed by atoms with van der Waals surface area (Å²) in [7, 11) is 0. The molecule has 0 saturated heterocycles. The number of benzene rings is 2. The minimum Gasteiger partial charge on any atom is -0.353 e. The van der Waals surface area contributed by atoms with Crippen LogP contribution in [0, 0.1) is 11.3 Å². The predicted octanol–water partition coefficient (Wildman–Crippen LogP) is 4.61. The van der Waals surface area contributed by atoms with E-state index in [-0.39, 0.29) is 0 Å². The average molecular weight is 324 g/mol. The van der Waals surface area contributed by atoms with Crippen LogP contribution in [0.1, 0.15) is 5.56 Å². The summed E-state index contributed by atoms with van der Waals surface area (Å²) in [6.07, 6.45) is 1.60. The molecular formula is C16H10BrN3. The van der Waals surface area contributed by atoms with Crippen LogP contribution in [0.2, 0.25) is 0 Å². The van der Waals surface area contributed by atoms with E-state index in [1.807, 2.05) is 48.5 Å². The first-order chi connectivity index (χ1) is 9.79. The van der Waals surface area contributed by atoms with Gasteiger partial charge in [0.05, 0.1) is 22.5 Å². The number of hydrogen-bond acceptors (Lipinski definition) is 3. The maximum atomic E-state index is 9.28. The molecule has 0 bridgehead atoms. The Bertz CT molecular complexity index is 821. The highest BCUT2D eigenvalue weighted by Gasteiger charge is 2.09. The minimum absolute atomic E-state index is 0.527. The van der Waals surface area contributed by atoms with Crippen LogP contribution in [0.3, 0.4) is 0 Å². The number of halogens is 1. The summed E-state index contributed by atoms with van der Waals surface area (Å²) in [6, 6.07) is 17.8. The Labute approximate surface area is 125 Å². The van der Waals surface area contributed by atoms with Gasteiger partial charge in [-0.15, -0.1) is 0 Å². The van der Waals surface area contributed by atoms with Crippen molar-refractivity contribution < 1.29 is 0 Å². The van der Waals surface area contributed by atoms with E-state index in [0.717, 1.165) is 26.8 Å². The Kier molecular flexibility index (Phi) is 3.36. The lowest BCUT2D eigenvalue weighted by Crippen LogP contribution is -1.97. The van der Waals surface area contributed by atoms with E-state index < -0.39 is 0 Å². The molecule has 1 heterocycles. The number of rotatable bonds is 2. The van der Waals surface area contributed by atoms with Crippen molar-refractivity contribution in [3.05, 3.63) is 64.8 Å². The summed E-state index contributed by atoms with van der Waals surface area (Å²) < 4.78 is 0.949. The fourth-order valence-corrected chi connectivity index (χ4v) is 2.44. The van der Waals surface area contributed by atoms with Crippen LogP contribution in [-0.2, 0) is 0 Å². The summed E-state index contributed by atoms with van der Waals surface area (Å²) in [5.74, 6) is 0. The smallest absolute Gasteiger partial charge is 0.103 e. The molecule has 0 aliphatic heterocycles. The fraction of sp³-hybridized carbons (Fsp3) is 0. The fourth-order valence-electron chi connectivity index (χ4n) is 2.06. The lowest BCUT2D eigenvalue weighted by molar-refractivity contribution is 1.36. The van der Waals surface area contributed by atoms with Crippen LogP contribution in [-0.4, -0.2) is 4.98 Å².